The number of methoxy groups -OCH3 is 1. The maximum Gasteiger partial charge on any atom is 0.254 e. The van der Waals surface area contributed by atoms with Crippen molar-refractivity contribution in [1.29, 1.82) is 0 Å². The predicted octanol–water partition coefficient (Wildman–Crippen LogP) is 4.54. The van der Waals surface area contributed by atoms with Crippen molar-refractivity contribution in [3.63, 3.8) is 0 Å². The first-order chi connectivity index (χ1) is 17.0. The summed E-state index contributed by atoms with van der Waals surface area (Å²) in [5.74, 6) is 3.53. The Labute approximate surface area is 217 Å². The monoisotopic (exact) mass is 544 g/mol. The smallest absolute Gasteiger partial charge is 0.254 e. The van der Waals surface area contributed by atoms with Crippen LogP contribution in [0, 0.1) is 18.8 Å². The number of ether oxygens (including phenoxy) is 1. The maximum atomic E-state index is 13.2. The van der Waals surface area contributed by atoms with E-state index < -0.39 is 0 Å². The lowest BCUT2D eigenvalue weighted by Gasteiger charge is -2.38. The van der Waals surface area contributed by atoms with Gasteiger partial charge < -0.3 is 20.3 Å². The second-order valence-corrected chi connectivity index (χ2v) is 10.3. The van der Waals surface area contributed by atoms with Crippen LogP contribution in [0.2, 0.25) is 0 Å². The number of piperazine rings is 1. The van der Waals surface area contributed by atoms with Gasteiger partial charge in [0.2, 0.25) is 5.95 Å². The Kier molecular flexibility index (Phi) is 8.83. The minimum absolute atomic E-state index is 0.0522. The molecule has 35 heavy (non-hydrogen) atoms. The Bertz CT molecular complexity index is 1000. The summed E-state index contributed by atoms with van der Waals surface area (Å²) in [4.78, 5) is 26.5. The molecule has 1 amide bonds. The summed E-state index contributed by atoms with van der Waals surface area (Å²) >= 11 is 3.64. The van der Waals surface area contributed by atoms with Gasteiger partial charge in [-0.15, -0.1) is 0 Å². The highest BCUT2D eigenvalue weighted by molar-refractivity contribution is 9.09. The van der Waals surface area contributed by atoms with Gasteiger partial charge in [0.15, 0.2) is 0 Å². The third kappa shape index (κ3) is 6.44. The van der Waals surface area contributed by atoms with E-state index in [9.17, 15) is 4.79 Å². The topological polar surface area (TPSA) is 82.6 Å². The molecule has 2 fully saturated rings. The van der Waals surface area contributed by atoms with Crippen molar-refractivity contribution in [3.8, 4) is 5.75 Å². The number of halogens is 1. The molecule has 4 rings (SSSR count). The Morgan fingerprint density at radius 1 is 1.14 bits per heavy atom. The molecule has 1 aromatic carbocycles. The van der Waals surface area contributed by atoms with E-state index in [1.165, 1.54) is 32.2 Å². The molecule has 0 unspecified atom stereocenters. The van der Waals surface area contributed by atoms with Crippen LogP contribution in [-0.4, -0.2) is 77.9 Å². The number of hydrogen-bond donors (Lipinski definition) is 2. The molecule has 2 aromatic rings. The van der Waals surface area contributed by atoms with E-state index >= 15 is 0 Å². The third-order valence-electron chi connectivity index (χ3n) is 7.26. The number of nitrogens with zero attached hydrogens (tertiary/aromatic N) is 4. The number of amides is 1. The van der Waals surface area contributed by atoms with Crippen LogP contribution in [0.25, 0.3) is 0 Å². The van der Waals surface area contributed by atoms with Crippen molar-refractivity contribution in [2.75, 3.05) is 62.8 Å². The Balaban J connectivity index is 1.33. The number of carbonyl (C=O) groups excluding carboxylic acids is 1. The summed E-state index contributed by atoms with van der Waals surface area (Å²) in [6.07, 6.45) is 7.11. The molecule has 1 aliphatic carbocycles. The minimum atomic E-state index is 0.0522. The van der Waals surface area contributed by atoms with Crippen molar-refractivity contribution < 1.29 is 9.53 Å². The summed E-state index contributed by atoms with van der Waals surface area (Å²) in [5.41, 5.74) is 2.32. The van der Waals surface area contributed by atoms with Gasteiger partial charge >= 0.3 is 0 Å². The molecule has 1 saturated heterocycles. The fraction of sp³-hybridized carbons (Fsp3) is 0.577. The van der Waals surface area contributed by atoms with Gasteiger partial charge in [0.25, 0.3) is 5.91 Å². The highest BCUT2D eigenvalue weighted by Gasteiger charge is 2.26. The van der Waals surface area contributed by atoms with Crippen LogP contribution in [0.3, 0.4) is 0 Å². The van der Waals surface area contributed by atoms with Crippen LogP contribution in [0.5, 0.6) is 5.75 Å². The highest BCUT2D eigenvalue weighted by atomic mass is 79.9. The van der Waals surface area contributed by atoms with E-state index in [2.05, 4.69) is 41.4 Å². The molecular weight excluding hydrogens is 508 g/mol. The second kappa shape index (κ2) is 12.0. The number of aromatic nitrogens is 2. The van der Waals surface area contributed by atoms with Crippen LogP contribution in [0.4, 0.5) is 17.5 Å². The van der Waals surface area contributed by atoms with E-state index in [0.717, 1.165) is 60.4 Å². The quantitative estimate of drug-likeness (QED) is 0.472. The summed E-state index contributed by atoms with van der Waals surface area (Å²) in [7, 11) is 3.43. The van der Waals surface area contributed by atoms with Gasteiger partial charge in [-0.2, -0.15) is 4.98 Å². The zero-order valence-corrected chi connectivity index (χ0v) is 22.6. The van der Waals surface area contributed by atoms with E-state index in [1.54, 1.807) is 19.4 Å². The van der Waals surface area contributed by atoms with Crippen LogP contribution in [-0.2, 0) is 0 Å². The number of aryl methyl sites for hydroxylation is 1. The predicted molar refractivity (Wildman–Crippen MR) is 144 cm³/mol. The molecule has 0 atom stereocenters. The largest absolute Gasteiger partial charge is 0.495 e. The van der Waals surface area contributed by atoms with E-state index in [-0.39, 0.29) is 5.91 Å². The average molecular weight is 546 g/mol. The van der Waals surface area contributed by atoms with Gasteiger partial charge in [-0.05, 0) is 62.6 Å². The van der Waals surface area contributed by atoms with Gasteiger partial charge in [-0.1, -0.05) is 15.9 Å². The molecule has 8 nitrogen and oxygen atoms in total. The first kappa shape index (κ1) is 25.7. The van der Waals surface area contributed by atoms with Crippen LogP contribution in [0.1, 0.15) is 41.6 Å². The number of nitrogens with one attached hydrogen (secondary N) is 2. The summed E-state index contributed by atoms with van der Waals surface area (Å²) < 4.78 is 5.58. The molecule has 0 radical (unpaired) electrons. The second-order valence-electron chi connectivity index (χ2n) is 9.65. The van der Waals surface area contributed by atoms with Crippen molar-refractivity contribution in [2.45, 2.75) is 32.6 Å². The van der Waals surface area contributed by atoms with E-state index in [1.807, 2.05) is 31.0 Å². The first-order valence-corrected chi connectivity index (χ1v) is 13.7. The molecule has 190 valence electrons. The number of benzene rings is 1. The zero-order chi connectivity index (χ0) is 24.8. The van der Waals surface area contributed by atoms with Crippen molar-refractivity contribution in [2.24, 2.45) is 11.8 Å². The molecule has 0 bridgehead atoms. The molecule has 2 N–H and O–H groups in total. The van der Waals surface area contributed by atoms with Crippen LogP contribution in [0.15, 0.2) is 24.4 Å². The van der Waals surface area contributed by atoms with Gasteiger partial charge in [0.1, 0.15) is 11.6 Å². The molecule has 0 spiro atoms. The lowest BCUT2D eigenvalue weighted by molar-refractivity contribution is 0.0601. The molecule has 9 heteroatoms. The fourth-order valence-corrected chi connectivity index (χ4v) is 5.70. The van der Waals surface area contributed by atoms with E-state index in [4.69, 9.17) is 4.74 Å². The Morgan fingerprint density at radius 2 is 1.86 bits per heavy atom. The molecule has 2 aliphatic rings. The minimum Gasteiger partial charge on any atom is -0.495 e. The highest BCUT2D eigenvalue weighted by Crippen LogP contribution is 2.31. The number of rotatable bonds is 8. The van der Waals surface area contributed by atoms with Gasteiger partial charge in [-0.3, -0.25) is 9.69 Å². The maximum absolute atomic E-state index is 13.2. The number of carbonyl (C=O) groups is 1. The summed E-state index contributed by atoms with van der Waals surface area (Å²) in [6.45, 7) is 6.54. The molecular formula is C26H37BrN6O2. The Hall–Kier alpha value is -2.39. The van der Waals surface area contributed by atoms with Crippen molar-refractivity contribution in [1.82, 2.24) is 19.8 Å². The van der Waals surface area contributed by atoms with Crippen molar-refractivity contribution >= 4 is 39.3 Å². The summed E-state index contributed by atoms with van der Waals surface area (Å²) in [5, 5.41) is 7.40. The van der Waals surface area contributed by atoms with Gasteiger partial charge in [0, 0.05) is 62.4 Å². The van der Waals surface area contributed by atoms with Gasteiger partial charge in [0.05, 0.1) is 12.8 Å². The fourth-order valence-electron chi connectivity index (χ4n) is 5.05. The molecule has 1 saturated carbocycles. The van der Waals surface area contributed by atoms with E-state index in [0.29, 0.717) is 17.3 Å². The zero-order valence-electron chi connectivity index (χ0n) is 21.0. The van der Waals surface area contributed by atoms with Gasteiger partial charge in [-0.25, -0.2) is 4.98 Å². The molecule has 2 heterocycles. The molecule has 1 aliphatic heterocycles. The Morgan fingerprint density at radius 3 is 2.51 bits per heavy atom. The van der Waals surface area contributed by atoms with Crippen LogP contribution >= 0.6 is 15.9 Å². The first-order valence-electron chi connectivity index (χ1n) is 12.5. The summed E-state index contributed by atoms with van der Waals surface area (Å²) in [6, 6.07) is 5.50. The van der Waals surface area contributed by atoms with Crippen LogP contribution < -0.4 is 15.4 Å². The standard InChI is InChI=1S/C26H37BrN6O2/c1-18-16-29-26(31-24(18)28-2)30-22-9-8-21(14-23(22)35-3)25(34)33-12-10-32(11-13-33)17-20-6-4-19(15-27)5-7-20/h8-9,14,16,19-20H,4-7,10-13,15,17H2,1-3H3,(H2,28,29,30,31). The number of anilines is 3. The number of hydrogen-bond acceptors (Lipinski definition) is 7. The lowest BCUT2D eigenvalue weighted by atomic mass is 9.82. The number of alkyl halides is 1. The van der Waals surface area contributed by atoms with Crippen molar-refractivity contribution in [3.05, 3.63) is 35.5 Å². The molecule has 1 aromatic heterocycles. The average Bonchev–Trinajstić information content (AvgIpc) is 2.90. The lowest BCUT2D eigenvalue weighted by Crippen LogP contribution is -2.50. The third-order valence-corrected chi connectivity index (χ3v) is 8.18. The SMILES string of the molecule is CNc1nc(Nc2ccc(C(=O)N3CCN(CC4CCC(CBr)CC4)CC3)cc2OC)ncc1C. The normalized spacial score (nSPS) is 21.0.